The van der Waals surface area contributed by atoms with Crippen molar-refractivity contribution in [3.05, 3.63) is 41.7 Å². The molecule has 0 aromatic heterocycles. The molecule has 0 heterocycles. The van der Waals surface area contributed by atoms with E-state index in [4.69, 9.17) is 5.11 Å². The third-order valence-electron chi connectivity index (χ3n) is 2.19. The largest absolute Gasteiger partial charge is 0.504 e. The van der Waals surface area contributed by atoms with Gasteiger partial charge in [0.15, 0.2) is 11.6 Å². The van der Waals surface area contributed by atoms with Gasteiger partial charge in [-0.1, -0.05) is 24.3 Å². The maximum atomic E-state index is 13.4. The average Bonchev–Trinajstić information content (AvgIpc) is 2.23. The van der Waals surface area contributed by atoms with Crippen LogP contribution in [-0.4, -0.2) is 16.2 Å². The molecular weight excluding hydrogens is 199 g/mol. The number of halogens is 1. The van der Waals surface area contributed by atoms with Crippen molar-refractivity contribution in [3.8, 4) is 5.75 Å². The van der Waals surface area contributed by atoms with Crippen LogP contribution in [0.3, 0.4) is 0 Å². The number of aromatic carboxylic acids is 1. The third-order valence-corrected chi connectivity index (χ3v) is 2.19. The van der Waals surface area contributed by atoms with Crippen LogP contribution in [0.4, 0.5) is 4.39 Å². The first-order chi connectivity index (χ1) is 7.11. The molecule has 2 aromatic carbocycles. The van der Waals surface area contributed by atoms with Gasteiger partial charge >= 0.3 is 5.97 Å². The average molecular weight is 206 g/mol. The summed E-state index contributed by atoms with van der Waals surface area (Å²) in [5.74, 6) is -3.11. The van der Waals surface area contributed by atoms with Gasteiger partial charge in [0, 0.05) is 5.39 Å². The van der Waals surface area contributed by atoms with Crippen molar-refractivity contribution in [2.24, 2.45) is 0 Å². The summed E-state index contributed by atoms with van der Waals surface area (Å²) in [6.07, 6.45) is 0. The van der Waals surface area contributed by atoms with E-state index in [0.717, 1.165) is 0 Å². The second kappa shape index (κ2) is 3.24. The highest BCUT2D eigenvalue weighted by Gasteiger charge is 2.16. The predicted molar refractivity (Wildman–Crippen MR) is 52.5 cm³/mol. The van der Waals surface area contributed by atoms with E-state index in [-0.39, 0.29) is 0 Å². The van der Waals surface area contributed by atoms with Gasteiger partial charge < -0.3 is 10.2 Å². The molecule has 76 valence electrons. The van der Waals surface area contributed by atoms with E-state index in [1.807, 2.05) is 0 Å². The summed E-state index contributed by atoms with van der Waals surface area (Å²) in [4.78, 5) is 10.7. The summed E-state index contributed by atoms with van der Waals surface area (Å²) in [6, 6.07) is 7.67. The fraction of sp³-hybridized carbons (Fsp3) is 0. The minimum Gasteiger partial charge on any atom is -0.504 e. The van der Waals surface area contributed by atoms with Crippen molar-refractivity contribution in [2.45, 2.75) is 0 Å². The van der Waals surface area contributed by atoms with Crippen LogP contribution in [0.5, 0.6) is 5.75 Å². The van der Waals surface area contributed by atoms with Crippen LogP contribution in [0.2, 0.25) is 0 Å². The topological polar surface area (TPSA) is 57.5 Å². The summed E-state index contributed by atoms with van der Waals surface area (Å²) < 4.78 is 13.4. The quantitative estimate of drug-likeness (QED) is 0.753. The summed E-state index contributed by atoms with van der Waals surface area (Å²) in [5.41, 5.74) is -0.522. The number of hydrogen-bond donors (Lipinski definition) is 2. The van der Waals surface area contributed by atoms with Crippen LogP contribution in [-0.2, 0) is 0 Å². The zero-order valence-electron chi connectivity index (χ0n) is 7.57. The lowest BCUT2D eigenvalue weighted by Gasteiger charge is -2.04. The van der Waals surface area contributed by atoms with Crippen LogP contribution < -0.4 is 0 Å². The van der Waals surface area contributed by atoms with Gasteiger partial charge in [-0.15, -0.1) is 0 Å². The van der Waals surface area contributed by atoms with Crippen molar-refractivity contribution in [1.29, 1.82) is 0 Å². The van der Waals surface area contributed by atoms with Crippen LogP contribution in [0.25, 0.3) is 10.8 Å². The van der Waals surface area contributed by atoms with Gasteiger partial charge in [0.05, 0.1) is 5.56 Å². The molecule has 0 amide bonds. The lowest BCUT2D eigenvalue weighted by atomic mass is 10.1. The molecule has 0 aliphatic rings. The van der Waals surface area contributed by atoms with E-state index in [1.54, 1.807) is 18.2 Å². The lowest BCUT2D eigenvalue weighted by molar-refractivity contribution is 0.0691. The molecule has 2 N–H and O–H groups in total. The van der Waals surface area contributed by atoms with Gasteiger partial charge in [-0.2, -0.15) is 0 Å². The highest BCUT2D eigenvalue weighted by molar-refractivity contribution is 5.97. The van der Waals surface area contributed by atoms with Gasteiger partial charge in [-0.3, -0.25) is 0 Å². The molecule has 0 aliphatic carbocycles. The Morgan fingerprint density at radius 1 is 1.27 bits per heavy atom. The Bertz CT molecular complexity index is 549. The zero-order valence-corrected chi connectivity index (χ0v) is 7.57. The smallest absolute Gasteiger partial charge is 0.338 e. The van der Waals surface area contributed by atoms with Crippen molar-refractivity contribution < 1.29 is 19.4 Å². The molecule has 0 atom stereocenters. The Labute approximate surface area is 84.4 Å². The van der Waals surface area contributed by atoms with E-state index >= 15 is 0 Å². The van der Waals surface area contributed by atoms with E-state index in [2.05, 4.69) is 0 Å². The van der Waals surface area contributed by atoms with Gasteiger partial charge in [0.2, 0.25) is 0 Å². The molecule has 0 spiro atoms. The van der Waals surface area contributed by atoms with E-state index in [0.29, 0.717) is 10.8 Å². The summed E-state index contributed by atoms with van der Waals surface area (Å²) in [5, 5.41) is 18.9. The minimum absolute atomic E-state index is 0.306. The van der Waals surface area contributed by atoms with Crippen molar-refractivity contribution in [2.75, 3.05) is 0 Å². The first-order valence-corrected chi connectivity index (χ1v) is 4.25. The molecule has 0 aliphatic heterocycles. The second-order valence-electron chi connectivity index (χ2n) is 3.11. The summed E-state index contributed by atoms with van der Waals surface area (Å²) >= 11 is 0. The number of fused-ring (bicyclic) bond motifs is 1. The number of phenolic OH excluding ortho intramolecular Hbond substituents is 1. The molecule has 0 bridgehead atoms. The molecule has 0 saturated carbocycles. The minimum atomic E-state index is -1.39. The number of hydrogen-bond acceptors (Lipinski definition) is 2. The van der Waals surface area contributed by atoms with Gasteiger partial charge in [0.25, 0.3) is 0 Å². The predicted octanol–water partition coefficient (Wildman–Crippen LogP) is 2.38. The van der Waals surface area contributed by atoms with Gasteiger partial charge in [-0.05, 0) is 11.5 Å². The highest BCUT2D eigenvalue weighted by atomic mass is 19.1. The second-order valence-corrected chi connectivity index (χ2v) is 3.11. The number of carboxylic acids is 1. The molecule has 0 unspecified atom stereocenters. The number of benzene rings is 2. The molecule has 4 heteroatoms. The molecular formula is C11H7FO3. The molecule has 2 aromatic rings. The normalized spacial score (nSPS) is 10.5. The Kier molecular flexibility index (Phi) is 2.04. The summed E-state index contributed by atoms with van der Waals surface area (Å²) in [6.45, 7) is 0. The first kappa shape index (κ1) is 9.45. The monoisotopic (exact) mass is 206 g/mol. The van der Waals surface area contributed by atoms with Crippen LogP contribution in [0.15, 0.2) is 30.3 Å². The van der Waals surface area contributed by atoms with Crippen LogP contribution in [0, 0.1) is 5.82 Å². The van der Waals surface area contributed by atoms with Crippen molar-refractivity contribution in [1.82, 2.24) is 0 Å². The van der Waals surface area contributed by atoms with Crippen molar-refractivity contribution in [3.63, 3.8) is 0 Å². The SMILES string of the molecule is O=C(O)c1cc2ccccc2c(O)c1F. The number of carboxylic acid groups (broad SMARTS) is 1. The molecule has 2 rings (SSSR count). The maximum Gasteiger partial charge on any atom is 0.338 e. The molecule has 15 heavy (non-hydrogen) atoms. The Morgan fingerprint density at radius 3 is 2.60 bits per heavy atom. The molecule has 3 nitrogen and oxygen atoms in total. The van der Waals surface area contributed by atoms with Gasteiger partial charge in [-0.25, -0.2) is 9.18 Å². The Hall–Kier alpha value is -2.10. The maximum absolute atomic E-state index is 13.4. The standard InChI is InChI=1S/C11H7FO3/c12-9-8(11(14)15)5-6-3-1-2-4-7(6)10(9)13/h1-5,13H,(H,14,15). The zero-order chi connectivity index (χ0) is 11.0. The fourth-order valence-corrected chi connectivity index (χ4v) is 1.46. The third kappa shape index (κ3) is 1.40. The number of carbonyl (C=O) groups is 1. The highest BCUT2D eigenvalue weighted by Crippen LogP contribution is 2.30. The first-order valence-electron chi connectivity index (χ1n) is 4.25. The number of phenols is 1. The lowest BCUT2D eigenvalue weighted by Crippen LogP contribution is -2.00. The van der Waals surface area contributed by atoms with E-state index < -0.39 is 23.1 Å². The number of aromatic hydroxyl groups is 1. The number of rotatable bonds is 1. The summed E-state index contributed by atoms with van der Waals surface area (Å²) in [7, 11) is 0. The van der Waals surface area contributed by atoms with Crippen molar-refractivity contribution >= 4 is 16.7 Å². The van der Waals surface area contributed by atoms with Crippen LogP contribution in [0.1, 0.15) is 10.4 Å². The Morgan fingerprint density at radius 2 is 1.93 bits per heavy atom. The fourth-order valence-electron chi connectivity index (χ4n) is 1.46. The van der Waals surface area contributed by atoms with Crippen LogP contribution >= 0.6 is 0 Å². The molecule has 0 saturated heterocycles. The van der Waals surface area contributed by atoms with E-state index in [9.17, 15) is 14.3 Å². The molecule has 0 radical (unpaired) electrons. The molecule has 0 fully saturated rings. The Balaban J connectivity index is 2.88. The van der Waals surface area contributed by atoms with E-state index in [1.165, 1.54) is 12.1 Å². The van der Waals surface area contributed by atoms with Gasteiger partial charge in [0.1, 0.15) is 0 Å².